The molecule has 2 aliphatic rings. The molecule has 0 saturated carbocycles. The van der Waals surface area contributed by atoms with Gasteiger partial charge in [-0.2, -0.15) is 0 Å². The minimum atomic E-state index is 1.18. The SMILES string of the molecule is Cc1c2c(c(-c3ccccc3)c(-c3ccccc3)c1-c1ccccc1)C1=C(c3ccc(-c4ccccc4)c4ccccc34)C(c3ccccc3)=C(c3ccccc3)C1=C2c1c2ccccc2c(-c2ccccc2)c2ccccc12. The fourth-order valence-electron chi connectivity index (χ4n) is 13.4. The van der Waals surface area contributed by atoms with Crippen molar-refractivity contribution in [3.63, 3.8) is 0 Å². The topological polar surface area (TPSA) is 0 Å². The summed E-state index contributed by atoms with van der Waals surface area (Å²) < 4.78 is 0. The van der Waals surface area contributed by atoms with Crippen LogP contribution >= 0.6 is 0 Å². The van der Waals surface area contributed by atoms with E-state index in [9.17, 15) is 0 Å². The van der Waals surface area contributed by atoms with E-state index < -0.39 is 0 Å². The molecule has 0 N–H and O–H groups in total. The summed E-state index contributed by atoms with van der Waals surface area (Å²) in [7, 11) is 0. The minimum absolute atomic E-state index is 1.18. The minimum Gasteiger partial charge on any atom is -0.0622 e. The number of hydrogen-bond acceptors (Lipinski definition) is 0. The number of hydrogen-bond donors (Lipinski definition) is 0. The van der Waals surface area contributed by atoms with Crippen molar-refractivity contribution in [2.45, 2.75) is 6.92 Å². The van der Waals surface area contributed by atoms with Gasteiger partial charge in [0, 0.05) is 0 Å². The van der Waals surface area contributed by atoms with Crippen molar-refractivity contribution in [1.29, 1.82) is 0 Å². The first-order valence-electron chi connectivity index (χ1n) is 27.5. The Hall–Kier alpha value is -10.1. The van der Waals surface area contributed by atoms with Gasteiger partial charge >= 0.3 is 0 Å². The highest BCUT2D eigenvalue weighted by molar-refractivity contribution is 6.43. The zero-order chi connectivity index (χ0) is 52.4. The average Bonchev–Trinajstić information content (AvgIpc) is 3.39. The van der Waals surface area contributed by atoms with Gasteiger partial charge in [-0.1, -0.05) is 297 Å². The van der Waals surface area contributed by atoms with Crippen molar-refractivity contribution < 1.29 is 0 Å². The first-order valence-corrected chi connectivity index (χ1v) is 27.5. The lowest BCUT2D eigenvalue weighted by Crippen LogP contribution is -2.04. The second-order valence-corrected chi connectivity index (χ2v) is 20.9. The molecule has 79 heavy (non-hydrogen) atoms. The van der Waals surface area contributed by atoms with E-state index in [0.29, 0.717) is 0 Å². The van der Waals surface area contributed by atoms with Crippen LogP contribution in [0.15, 0.2) is 303 Å². The molecule has 0 aliphatic heterocycles. The maximum Gasteiger partial charge on any atom is -0.0000377 e. The monoisotopic (exact) mass is 1000 g/mol. The molecule has 0 bridgehead atoms. The lowest BCUT2D eigenvalue weighted by molar-refractivity contribution is 1.40. The smallest absolute Gasteiger partial charge is 0.0000377 e. The fourth-order valence-corrected chi connectivity index (χ4v) is 13.4. The van der Waals surface area contributed by atoms with Gasteiger partial charge in [0.25, 0.3) is 0 Å². The predicted molar refractivity (Wildman–Crippen MR) is 336 cm³/mol. The maximum absolute atomic E-state index is 2.43. The normalized spacial score (nSPS) is 13.0. The molecule has 13 aromatic rings. The first kappa shape index (κ1) is 46.2. The van der Waals surface area contributed by atoms with Crippen LogP contribution in [0.25, 0.3) is 116 Å². The summed E-state index contributed by atoms with van der Waals surface area (Å²) >= 11 is 0. The van der Waals surface area contributed by atoms with Gasteiger partial charge in [0.2, 0.25) is 0 Å². The Kier molecular flexibility index (Phi) is 11.2. The van der Waals surface area contributed by atoms with Crippen molar-refractivity contribution >= 4 is 60.2 Å². The average molecular weight is 1000 g/mol. The van der Waals surface area contributed by atoms with Gasteiger partial charge in [-0.15, -0.1) is 0 Å². The van der Waals surface area contributed by atoms with Gasteiger partial charge in [0.05, 0.1) is 0 Å². The lowest BCUT2D eigenvalue weighted by atomic mass is 9.75. The van der Waals surface area contributed by atoms with Crippen LogP contribution in [0.5, 0.6) is 0 Å². The second-order valence-electron chi connectivity index (χ2n) is 20.9. The van der Waals surface area contributed by atoms with E-state index in [2.05, 4.69) is 304 Å². The summed E-state index contributed by atoms with van der Waals surface area (Å²) in [5.41, 5.74) is 28.2. The third-order valence-electron chi connectivity index (χ3n) is 16.6. The summed E-state index contributed by atoms with van der Waals surface area (Å²) in [4.78, 5) is 0. The van der Waals surface area contributed by atoms with Gasteiger partial charge in [0.15, 0.2) is 0 Å². The van der Waals surface area contributed by atoms with Crippen LogP contribution < -0.4 is 0 Å². The summed E-state index contributed by atoms with van der Waals surface area (Å²) in [6.07, 6.45) is 0. The van der Waals surface area contributed by atoms with Gasteiger partial charge in [0.1, 0.15) is 0 Å². The van der Waals surface area contributed by atoms with Gasteiger partial charge in [-0.25, -0.2) is 0 Å². The van der Waals surface area contributed by atoms with Crippen LogP contribution in [-0.4, -0.2) is 0 Å². The van der Waals surface area contributed by atoms with Crippen molar-refractivity contribution in [3.8, 4) is 55.6 Å². The first-order chi connectivity index (χ1) is 39.2. The molecule has 0 nitrogen and oxygen atoms in total. The van der Waals surface area contributed by atoms with E-state index >= 15 is 0 Å². The zero-order valence-electron chi connectivity index (χ0n) is 43.8. The molecule has 0 radical (unpaired) electrons. The largest absolute Gasteiger partial charge is 0.0622 e. The summed E-state index contributed by atoms with van der Waals surface area (Å²) in [5, 5.41) is 7.35. The molecule has 368 valence electrons. The van der Waals surface area contributed by atoms with Crippen molar-refractivity contribution in [3.05, 3.63) is 342 Å². The standard InChI is InChI=1S/C79H52/c1-51-67(53-31-11-3-12-32-53)70(55-35-15-5-16-36-55)72(57-39-19-7-20-40-57)76-68(51)77(74-64-47-27-25-45-62(64)69(54-33-13-4-14-34-54)63-46-26-28-48-65(63)74)78-73(58-41-21-8-22-42-58)71(56-37-17-6-18-38-56)75(79(76)78)66-50-49-59(52-29-9-2-10-30-52)60-43-23-24-44-61(60)66/h2-50H,1H3. The van der Waals surface area contributed by atoms with Crippen LogP contribution in [-0.2, 0) is 0 Å². The highest BCUT2D eigenvalue weighted by Gasteiger charge is 2.45. The molecule has 0 saturated heterocycles. The van der Waals surface area contributed by atoms with E-state index in [1.165, 1.54) is 160 Å². The molecule has 0 unspecified atom stereocenters. The molecule has 0 atom stereocenters. The Morgan fingerprint density at radius 2 is 0.456 bits per heavy atom. The van der Waals surface area contributed by atoms with Crippen LogP contribution in [0.2, 0.25) is 0 Å². The number of benzene rings is 13. The summed E-state index contributed by atoms with van der Waals surface area (Å²) in [5.74, 6) is 0. The molecular weight excluding hydrogens is 949 g/mol. The molecule has 0 heterocycles. The van der Waals surface area contributed by atoms with Crippen LogP contribution in [0.1, 0.15) is 38.9 Å². The van der Waals surface area contributed by atoms with E-state index in [0.717, 1.165) is 0 Å². The fraction of sp³-hybridized carbons (Fsp3) is 0.0127. The quantitative estimate of drug-likeness (QED) is 0.126. The predicted octanol–water partition coefficient (Wildman–Crippen LogP) is 21.1. The van der Waals surface area contributed by atoms with Crippen LogP contribution in [0, 0.1) is 6.92 Å². The van der Waals surface area contributed by atoms with Gasteiger partial charge < -0.3 is 0 Å². The van der Waals surface area contributed by atoms with E-state index in [1.54, 1.807) is 0 Å². The van der Waals surface area contributed by atoms with E-state index in [1.807, 2.05) is 0 Å². The van der Waals surface area contributed by atoms with Crippen LogP contribution in [0.4, 0.5) is 0 Å². The Labute approximate surface area is 461 Å². The Morgan fingerprint density at radius 3 is 0.899 bits per heavy atom. The van der Waals surface area contributed by atoms with E-state index in [-0.39, 0.29) is 0 Å². The highest BCUT2D eigenvalue weighted by Crippen LogP contribution is 2.67. The Bertz CT molecular complexity index is 4570. The Morgan fingerprint density at radius 1 is 0.152 bits per heavy atom. The molecule has 15 rings (SSSR count). The molecule has 0 aromatic heterocycles. The third-order valence-corrected chi connectivity index (χ3v) is 16.6. The number of fused-ring (bicyclic) bond motifs is 6. The molecule has 0 spiro atoms. The Balaban J connectivity index is 1.24. The number of rotatable bonds is 9. The molecule has 0 fully saturated rings. The third kappa shape index (κ3) is 7.37. The molecular formula is C79H52. The van der Waals surface area contributed by atoms with Gasteiger partial charge in [-0.05, 0) is 167 Å². The van der Waals surface area contributed by atoms with Crippen molar-refractivity contribution in [2.75, 3.05) is 0 Å². The highest BCUT2D eigenvalue weighted by atomic mass is 14.5. The lowest BCUT2D eigenvalue weighted by Gasteiger charge is -2.27. The zero-order valence-corrected chi connectivity index (χ0v) is 43.8. The molecule has 2 aliphatic carbocycles. The molecule has 0 amide bonds. The summed E-state index contributed by atoms with van der Waals surface area (Å²) in [6, 6.07) is 110. The van der Waals surface area contributed by atoms with E-state index in [4.69, 9.17) is 0 Å². The second kappa shape index (κ2) is 19.2. The molecule has 0 heteroatoms. The van der Waals surface area contributed by atoms with Crippen molar-refractivity contribution in [2.24, 2.45) is 0 Å². The maximum atomic E-state index is 2.43. The number of allylic oxidation sites excluding steroid dienone is 5. The van der Waals surface area contributed by atoms with Gasteiger partial charge in [-0.3, -0.25) is 0 Å². The summed E-state index contributed by atoms with van der Waals surface area (Å²) in [6.45, 7) is 2.42. The van der Waals surface area contributed by atoms with Crippen molar-refractivity contribution in [1.82, 2.24) is 0 Å². The van der Waals surface area contributed by atoms with Crippen LogP contribution in [0.3, 0.4) is 0 Å². The molecule has 13 aromatic carbocycles.